The molecule has 1 N–H and O–H groups in total. The number of halogens is 2. The number of carbonyl (C=O) groups is 1. The van der Waals surface area contributed by atoms with Crippen LogP contribution < -0.4 is 5.32 Å². The molecule has 0 spiro atoms. The average molecular weight is 425 g/mol. The van der Waals surface area contributed by atoms with Crippen LogP contribution in [0.5, 0.6) is 0 Å². The number of thioether (sulfide) groups is 1. The van der Waals surface area contributed by atoms with Gasteiger partial charge in [-0.1, -0.05) is 25.6 Å². The smallest absolute Gasteiger partial charge is 0.288 e. The van der Waals surface area contributed by atoms with Gasteiger partial charge in [-0.05, 0) is 42.5 Å². The molecule has 2 aliphatic rings. The fraction of sp³-hybridized carbons (Fsp3) is 0.381. The minimum atomic E-state index is -2.51. The van der Waals surface area contributed by atoms with Crippen molar-refractivity contribution in [3.05, 3.63) is 47.0 Å². The minimum Gasteiger partial charge on any atom is -0.325 e. The number of amides is 1. The highest BCUT2D eigenvalue weighted by molar-refractivity contribution is 7.99. The van der Waals surface area contributed by atoms with E-state index in [4.69, 9.17) is 0 Å². The molecule has 6 nitrogen and oxygen atoms in total. The van der Waals surface area contributed by atoms with E-state index in [1.165, 1.54) is 12.1 Å². The molecule has 2 bridgehead atoms. The molecule has 1 fully saturated rings. The quantitative estimate of drug-likeness (QED) is 0.732. The van der Waals surface area contributed by atoms with Gasteiger partial charge < -0.3 is 5.32 Å². The first-order valence-corrected chi connectivity index (χ1v) is 10.2. The summed E-state index contributed by atoms with van der Waals surface area (Å²) in [6, 6.07) is 10.0. The Bertz CT molecular complexity index is 1120. The van der Waals surface area contributed by atoms with Crippen LogP contribution in [0.15, 0.2) is 29.2 Å². The normalized spacial score (nSPS) is 23.0. The van der Waals surface area contributed by atoms with E-state index >= 15 is 0 Å². The molecule has 1 amide bonds. The molecular formula is C21H17F2N5OS. The zero-order valence-corrected chi connectivity index (χ0v) is 17.1. The second-order valence-electron chi connectivity index (χ2n) is 7.95. The van der Waals surface area contributed by atoms with Gasteiger partial charge >= 0.3 is 0 Å². The Morgan fingerprint density at radius 3 is 2.43 bits per heavy atom. The zero-order chi connectivity index (χ0) is 21.7. The van der Waals surface area contributed by atoms with Crippen molar-refractivity contribution in [1.29, 1.82) is 10.5 Å². The molecule has 1 aromatic heterocycles. The molecular weight excluding hydrogens is 408 g/mol. The highest BCUT2D eigenvalue weighted by Gasteiger charge is 2.68. The number of alkyl halides is 2. The average Bonchev–Trinajstić information content (AvgIpc) is 3.09. The highest BCUT2D eigenvalue weighted by Crippen LogP contribution is 2.67. The number of nitriles is 2. The molecule has 1 aromatic carbocycles. The maximum atomic E-state index is 13.5. The lowest BCUT2D eigenvalue weighted by atomic mass is 9.67. The summed E-state index contributed by atoms with van der Waals surface area (Å²) in [6.07, 6.45) is 1.27. The number of nitrogens with zero attached hydrogens (tertiary/aromatic N) is 4. The van der Waals surface area contributed by atoms with Crippen LogP contribution in [-0.4, -0.2) is 21.6 Å². The van der Waals surface area contributed by atoms with Gasteiger partial charge in [-0.3, -0.25) is 4.79 Å². The second kappa shape index (κ2) is 7.03. The standard InChI is InChI=1S/C21H17F2N5OS/c1-20(2)13-7-8-21(20,17-16(13)27-14(9-24)15(10-25)28-17)18(29)26-11-3-5-12(6-4-11)30-19(22)23/h3-6,13,19H,7-8H2,1-2H3,(H,26,29). The summed E-state index contributed by atoms with van der Waals surface area (Å²) in [5.74, 6) is -2.83. The third kappa shape index (κ3) is 2.77. The lowest BCUT2D eigenvalue weighted by molar-refractivity contribution is -0.124. The van der Waals surface area contributed by atoms with Gasteiger partial charge in [-0.2, -0.15) is 19.3 Å². The van der Waals surface area contributed by atoms with Crippen molar-refractivity contribution in [2.45, 2.75) is 48.7 Å². The van der Waals surface area contributed by atoms with Gasteiger partial charge in [0.05, 0.1) is 16.8 Å². The van der Waals surface area contributed by atoms with Crippen molar-refractivity contribution < 1.29 is 13.6 Å². The van der Waals surface area contributed by atoms with Crippen molar-refractivity contribution in [2.24, 2.45) is 5.41 Å². The van der Waals surface area contributed by atoms with Crippen LogP contribution in [0, 0.1) is 28.1 Å². The van der Waals surface area contributed by atoms with E-state index in [1.54, 1.807) is 12.1 Å². The van der Waals surface area contributed by atoms with Gasteiger partial charge in [0, 0.05) is 16.5 Å². The Morgan fingerprint density at radius 2 is 1.83 bits per heavy atom. The first kappa shape index (κ1) is 20.2. The fourth-order valence-electron chi connectivity index (χ4n) is 4.88. The van der Waals surface area contributed by atoms with Gasteiger partial charge in [-0.25, -0.2) is 9.97 Å². The van der Waals surface area contributed by atoms with Gasteiger partial charge in [0.25, 0.3) is 5.76 Å². The number of anilines is 1. The number of aromatic nitrogens is 2. The molecule has 2 atom stereocenters. The topological polar surface area (TPSA) is 102 Å². The Kier molecular flexibility index (Phi) is 4.74. The minimum absolute atomic E-state index is 0.0257. The maximum absolute atomic E-state index is 13.5. The van der Waals surface area contributed by atoms with Crippen LogP contribution in [0.1, 0.15) is 55.4 Å². The molecule has 1 heterocycles. The molecule has 2 aliphatic carbocycles. The molecule has 2 aromatic rings. The van der Waals surface area contributed by atoms with Gasteiger partial charge in [0.15, 0.2) is 11.4 Å². The zero-order valence-electron chi connectivity index (χ0n) is 16.2. The molecule has 1 saturated carbocycles. The Labute approximate surface area is 176 Å². The Balaban J connectivity index is 1.72. The first-order chi connectivity index (χ1) is 14.2. The third-order valence-electron chi connectivity index (χ3n) is 6.37. The van der Waals surface area contributed by atoms with E-state index in [1.807, 2.05) is 26.0 Å². The van der Waals surface area contributed by atoms with Crippen LogP contribution in [0.4, 0.5) is 14.5 Å². The monoisotopic (exact) mass is 425 g/mol. The number of rotatable bonds is 4. The van der Waals surface area contributed by atoms with Crippen LogP contribution in [0.25, 0.3) is 0 Å². The SMILES string of the molecule is CC1(C)C2CCC1(C(=O)Nc1ccc(SC(F)F)cc1)c1nc(C#N)c(C#N)nc12. The van der Waals surface area contributed by atoms with E-state index in [0.29, 0.717) is 40.2 Å². The van der Waals surface area contributed by atoms with Crippen molar-refractivity contribution in [3.8, 4) is 12.1 Å². The largest absolute Gasteiger partial charge is 0.325 e. The number of fused-ring (bicyclic) bond motifs is 5. The predicted octanol–water partition coefficient (Wildman–Crippen LogP) is 4.33. The molecule has 9 heteroatoms. The molecule has 0 aliphatic heterocycles. The summed E-state index contributed by atoms with van der Waals surface area (Å²) in [4.78, 5) is 22.7. The van der Waals surface area contributed by atoms with Gasteiger partial charge in [0.1, 0.15) is 12.1 Å². The van der Waals surface area contributed by atoms with E-state index < -0.39 is 16.6 Å². The van der Waals surface area contributed by atoms with Crippen LogP contribution in [0.2, 0.25) is 0 Å². The van der Waals surface area contributed by atoms with Crippen molar-refractivity contribution in [1.82, 2.24) is 9.97 Å². The third-order valence-corrected chi connectivity index (χ3v) is 7.10. The Morgan fingerprint density at radius 1 is 1.20 bits per heavy atom. The van der Waals surface area contributed by atoms with Crippen molar-refractivity contribution in [3.63, 3.8) is 0 Å². The highest BCUT2D eigenvalue weighted by atomic mass is 32.2. The first-order valence-electron chi connectivity index (χ1n) is 9.33. The predicted molar refractivity (Wildman–Crippen MR) is 106 cm³/mol. The molecule has 4 rings (SSSR count). The van der Waals surface area contributed by atoms with Crippen LogP contribution in [0.3, 0.4) is 0 Å². The van der Waals surface area contributed by atoms with Gasteiger partial charge in [-0.15, -0.1) is 0 Å². The number of nitrogens with one attached hydrogen (secondary N) is 1. The molecule has 0 saturated heterocycles. The summed E-state index contributed by atoms with van der Waals surface area (Å²) in [6.45, 7) is 3.96. The lowest BCUT2D eigenvalue weighted by Crippen LogP contribution is -2.46. The van der Waals surface area contributed by atoms with Crippen LogP contribution in [-0.2, 0) is 10.2 Å². The van der Waals surface area contributed by atoms with E-state index in [-0.39, 0.29) is 23.2 Å². The Hall–Kier alpha value is -3.04. The molecule has 152 valence electrons. The number of carbonyl (C=O) groups excluding carboxylic acids is 1. The summed E-state index contributed by atoms with van der Waals surface area (Å²) in [7, 11) is 0. The second-order valence-corrected chi connectivity index (χ2v) is 9.02. The summed E-state index contributed by atoms with van der Waals surface area (Å²) < 4.78 is 25.0. The summed E-state index contributed by atoms with van der Waals surface area (Å²) in [5.41, 5.74) is -0.0469. The lowest BCUT2D eigenvalue weighted by Gasteiger charge is -2.36. The van der Waals surface area contributed by atoms with Crippen molar-refractivity contribution >= 4 is 23.4 Å². The number of benzene rings is 1. The fourth-order valence-corrected chi connectivity index (χ4v) is 5.37. The summed E-state index contributed by atoms with van der Waals surface area (Å²) >= 11 is 0.438. The molecule has 2 unspecified atom stereocenters. The van der Waals surface area contributed by atoms with Crippen LogP contribution >= 0.6 is 11.8 Å². The van der Waals surface area contributed by atoms with Crippen molar-refractivity contribution in [2.75, 3.05) is 5.32 Å². The maximum Gasteiger partial charge on any atom is 0.288 e. The van der Waals surface area contributed by atoms with E-state index in [2.05, 4.69) is 15.3 Å². The van der Waals surface area contributed by atoms with Gasteiger partial charge in [0.2, 0.25) is 5.91 Å². The molecule has 30 heavy (non-hydrogen) atoms. The number of hydrogen-bond acceptors (Lipinski definition) is 6. The van der Waals surface area contributed by atoms with E-state index in [0.717, 1.165) is 6.42 Å². The number of hydrogen-bond donors (Lipinski definition) is 1. The summed E-state index contributed by atoms with van der Waals surface area (Å²) in [5, 5.41) is 21.6. The van der Waals surface area contributed by atoms with E-state index in [9.17, 15) is 24.1 Å². The molecule has 0 radical (unpaired) electrons.